The van der Waals surface area contributed by atoms with Crippen LogP contribution >= 0.6 is 23.2 Å². The van der Waals surface area contributed by atoms with Crippen LogP contribution in [0.25, 0.3) is 0 Å². The zero-order valence-electron chi connectivity index (χ0n) is 10.0. The van der Waals surface area contributed by atoms with Crippen LogP contribution in [0.4, 0.5) is 61.5 Å². The average Bonchev–Trinajstić information content (AvgIpc) is 2.35. The Hall–Kier alpha value is -0.660. The summed E-state index contributed by atoms with van der Waals surface area (Å²) in [6.45, 7) is 0. The molecule has 0 amide bonds. The van der Waals surface area contributed by atoms with Gasteiger partial charge in [0, 0.05) is 0 Å². The fourth-order valence-electron chi connectivity index (χ4n) is 1.03. The maximum absolute atomic E-state index is 12.9. The Balaban J connectivity index is 6.47. The van der Waals surface area contributed by atoms with Crippen LogP contribution < -0.4 is 0 Å². The monoisotopic (exact) mass is 432 g/mol. The van der Waals surface area contributed by atoms with Gasteiger partial charge in [0.2, 0.25) is 11.1 Å². The topological polar surface area (TPSA) is 0 Å². The van der Waals surface area contributed by atoms with Crippen LogP contribution in [0.15, 0.2) is 11.1 Å². The molecule has 144 valence electrons. The fraction of sp³-hybridized carbons (Fsp3) is 0.750. The van der Waals surface area contributed by atoms with E-state index in [1.54, 1.807) is 0 Å². The van der Waals surface area contributed by atoms with Crippen LogP contribution in [0.2, 0.25) is 0 Å². The zero-order chi connectivity index (χ0) is 20.2. The van der Waals surface area contributed by atoms with Gasteiger partial charge in [-0.1, -0.05) is 0 Å². The smallest absolute Gasteiger partial charge is 0.201 e. The van der Waals surface area contributed by atoms with Crippen molar-refractivity contribution in [2.75, 3.05) is 0 Å². The Labute approximate surface area is 132 Å². The van der Waals surface area contributed by atoms with E-state index in [4.69, 9.17) is 0 Å². The summed E-state index contributed by atoms with van der Waals surface area (Å²) in [4.78, 5) is 0. The van der Waals surface area contributed by atoms with Crippen LogP contribution in [0, 0.1) is 0 Å². The van der Waals surface area contributed by atoms with Crippen molar-refractivity contribution in [3.63, 3.8) is 0 Å². The van der Waals surface area contributed by atoms with E-state index in [0.717, 1.165) is 0 Å². The molecule has 0 saturated heterocycles. The molecule has 24 heavy (non-hydrogen) atoms. The van der Waals surface area contributed by atoms with Crippen molar-refractivity contribution in [3.8, 4) is 0 Å². The van der Waals surface area contributed by atoms with Crippen LogP contribution in [0.3, 0.4) is 0 Å². The highest BCUT2D eigenvalue weighted by atomic mass is 35.5. The molecule has 0 unspecified atom stereocenters. The molecule has 0 aromatic heterocycles. The van der Waals surface area contributed by atoms with E-state index in [2.05, 4.69) is 23.2 Å². The minimum Gasteiger partial charge on any atom is -0.201 e. The lowest BCUT2D eigenvalue weighted by atomic mass is 9.94. The highest BCUT2D eigenvalue weighted by molar-refractivity contribution is 6.28. The van der Waals surface area contributed by atoms with E-state index >= 15 is 0 Å². The first-order valence-electron chi connectivity index (χ1n) is 4.77. The zero-order valence-corrected chi connectivity index (χ0v) is 11.6. The third-order valence-electron chi connectivity index (χ3n) is 2.37. The standard InChI is InChI=1S/C8Cl2F14/c9-2(12)1(11)3(13,14)4(15,16)5(17,18)6(19,20)7(21,22)8(10,23)24. The van der Waals surface area contributed by atoms with E-state index in [9.17, 15) is 61.5 Å². The SMILES string of the molecule is FC(Cl)=C(F)C(F)(F)C(F)(F)C(F)(F)C(F)(F)C(F)(F)C(F)(F)Cl. The average molecular weight is 433 g/mol. The number of allylic oxidation sites excluding steroid dienone is 1. The third-order valence-corrected chi connectivity index (χ3v) is 2.78. The van der Waals surface area contributed by atoms with Crippen molar-refractivity contribution in [2.45, 2.75) is 35.0 Å². The first-order valence-corrected chi connectivity index (χ1v) is 5.53. The van der Waals surface area contributed by atoms with Crippen molar-refractivity contribution in [2.24, 2.45) is 0 Å². The lowest BCUT2D eigenvalue weighted by Crippen LogP contribution is -2.70. The molecule has 0 radical (unpaired) electrons. The molecule has 0 heterocycles. The van der Waals surface area contributed by atoms with Crippen LogP contribution in [0.5, 0.6) is 0 Å². The van der Waals surface area contributed by atoms with Crippen molar-refractivity contribution >= 4 is 23.2 Å². The number of hydrogen-bond acceptors (Lipinski definition) is 0. The number of halogens is 16. The normalized spacial score (nSPS) is 17.0. The van der Waals surface area contributed by atoms with Gasteiger partial charge < -0.3 is 0 Å². The molecule has 0 nitrogen and oxygen atoms in total. The Bertz CT molecular complexity index is 511. The molecule has 0 N–H and O–H groups in total. The minimum atomic E-state index is -8.05. The molecular weight excluding hydrogens is 433 g/mol. The van der Waals surface area contributed by atoms with Gasteiger partial charge in [-0.3, -0.25) is 0 Å². The number of alkyl halides is 13. The highest BCUT2D eigenvalue weighted by Crippen LogP contribution is 2.61. The summed E-state index contributed by atoms with van der Waals surface area (Å²) in [6, 6.07) is 0. The molecule has 0 aromatic rings. The third kappa shape index (κ3) is 2.99. The Morgan fingerprint density at radius 1 is 0.542 bits per heavy atom. The molecule has 16 heteroatoms. The lowest BCUT2D eigenvalue weighted by molar-refractivity contribution is -0.413. The van der Waals surface area contributed by atoms with Gasteiger partial charge in [0.05, 0.1) is 0 Å². The van der Waals surface area contributed by atoms with E-state index in [1.807, 2.05) is 0 Å². The minimum absolute atomic E-state index is 3.40. The van der Waals surface area contributed by atoms with Crippen molar-refractivity contribution in [3.05, 3.63) is 11.1 Å². The van der Waals surface area contributed by atoms with E-state index < -0.39 is 46.1 Å². The van der Waals surface area contributed by atoms with E-state index in [0.29, 0.717) is 0 Å². The fourth-order valence-corrected chi connectivity index (χ4v) is 1.26. The maximum Gasteiger partial charge on any atom is 0.393 e. The Morgan fingerprint density at radius 2 is 0.833 bits per heavy atom. The number of hydrogen-bond donors (Lipinski definition) is 0. The Morgan fingerprint density at radius 3 is 1.08 bits per heavy atom. The number of rotatable bonds is 6. The molecular formula is C8Cl2F14. The summed E-state index contributed by atoms with van der Waals surface area (Å²) in [5, 5.41) is -10.0. The molecule has 0 bridgehead atoms. The van der Waals surface area contributed by atoms with Crippen LogP contribution in [-0.2, 0) is 0 Å². The first-order chi connectivity index (χ1) is 10.1. The molecule has 0 fully saturated rings. The largest absolute Gasteiger partial charge is 0.393 e. The summed E-state index contributed by atoms with van der Waals surface area (Å²) in [5.41, 5.74) is 0. The van der Waals surface area contributed by atoms with Crippen LogP contribution in [0.1, 0.15) is 0 Å². The Kier molecular flexibility index (Phi) is 5.79. The molecule has 0 aliphatic carbocycles. The second-order valence-corrected chi connectivity index (χ2v) is 4.75. The summed E-state index contributed by atoms with van der Waals surface area (Å²) in [5.74, 6) is -42.8. The van der Waals surface area contributed by atoms with Crippen LogP contribution in [-0.4, -0.2) is 35.0 Å². The highest BCUT2D eigenvalue weighted by Gasteiger charge is 2.90. The van der Waals surface area contributed by atoms with Gasteiger partial charge in [-0.2, -0.15) is 57.1 Å². The molecule has 0 atom stereocenters. The molecule has 0 aromatic carbocycles. The maximum atomic E-state index is 12.9. The van der Waals surface area contributed by atoms with Gasteiger partial charge in [0.25, 0.3) is 0 Å². The summed E-state index contributed by atoms with van der Waals surface area (Å²) >= 11 is 7.25. The molecule has 0 aliphatic rings. The van der Waals surface area contributed by atoms with Crippen molar-refractivity contribution in [1.29, 1.82) is 0 Å². The van der Waals surface area contributed by atoms with Crippen molar-refractivity contribution in [1.82, 2.24) is 0 Å². The van der Waals surface area contributed by atoms with E-state index in [1.165, 1.54) is 0 Å². The summed E-state index contributed by atoms with van der Waals surface area (Å²) in [6.07, 6.45) is 0. The first kappa shape index (κ1) is 23.3. The lowest BCUT2D eigenvalue weighted by Gasteiger charge is -2.39. The molecule has 0 spiro atoms. The molecule has 0 saturated carbocycles. The van der Waals surface area contributed by atoms with Gasteiger partial charge in [-0.15, -0.1) is 0 Å². The second kappa shape index (κ2) is 5.95. The van der Waals surface area contributed by atoms with Gasteiger partial charge in [-0.25, -0.2) is 4.39 Å². The predicted octanol–water partition coefficient (Wildman–Crippen LogP) is 6.34. The van der Waals surface area contributed by atoms with Gasteiger partial charge in [0.15, 0.2) is 0 Å². The second-order valence-electron chi connectivity index (χ2n) is 3.94. The molecule has 0 rings (SSSR count). The van der Waals surface area contributed by atoms with E-state index in [-0.39, 0.29) is 0 Å². The van der Waals surface area contributed by atoms with Crippen molar-refractivity contribution < 1.29 is 61.5 Å². The molecule has 0 aliphatic heterocycles. The van der Waals surface area contributed by atoms with Gasteiger partial charge >= 0.3 is 35.0 Å². The predicted molar refractivity (Wildman–Crippen MR) is 50.6 cm³/mol. The summed E-state index contributed by atoms with van der Waals surface area (Å²) < 4.78 is 177. The summed E-state index contributed by atoms with van der Waals surface area (Å²) in [7, 11) is 0. The van der Waals surface area contributed by atoms with Gasteiger partial charge in [0.1, 0.15) is 0 Å². The van der Waals surface area contributed by atoms with Gasteiger partial charge in [-0.05, 0) is 23.2 Å². The quantitative estimate of drug-likeness (QED) is 0.339.